The average Bonchev–Trinajstić information content (AvgIpc) is 2.65. The van der Waals surface area contributed by atoms with E-state index in [2.05, 4.69) is 12.1 Å². The molecule has 0 unspecified atom stereocenters. The van der Waals surface area contributed by atoms with Gasteiger partial charge in [0.25, 0.3) is 0 Å². The van der Waals surface area contributed by atoms with E-state index in [0.717, 1.165) is 17.8 Å². The second-order valence-corrected chi connectivity index (χ2v) is 6.85. The van der Waals surface area contributed by atoms with Gasteiger partial charge in [-0.2, -0.15) is 0 Å². The fourth-order valence-corrected chi connectivity index (χ4v) is 3.26. The number of amides is 2. The summed E-state index contributed by atoms with van der Waals surface area (Å²) in [6.45, 7) is 2.87. The quantitative estimate of drug-likeness (QED) is 0.851. The molecule has 26 heavy (non-hydrogen) atoms. The largest absolute Gasteiger partial charge is 0.378 e. The van der Waals surface area contributed by atoms with Gasteiger partial charge < -0.3 is 14.7 Å². The van der Waals surface area contributed by atoms with Gasteiger partial charge in [0.1, 0.15) is 6.54 Å². The molecule has 0 spiro atoms. The minimum atomic E-state index is -0.131. The van der Waals surface area contributed by atoms with E-state index >= 15 is 0 Å². The average molecular weight is 351 g/mol. The molecule has 1 heterocycles. The number of hydrogen-bond donors (Lipinski definition) is 0. The summed E-state index contributed by atoms with van der Waals surface area (Å²) in [6, 6.07) is 15.9. The Bertz CT molecular complexity index is 799. The summed E-state index contributed by atoms with van der Waals surface area (Å²) in [4.78, 5) is 30.3. The Morgan fingerprint density at radius 3 is 2.19 bits per heavy atom. The van der Waals surface area contributed by atoms with Crippen LogP contribution in [0.5, 0.6) is 0 Å². The van der Waals surface area contributed by atoms with Crippen molar-refractivity contribution in [1.29, 1.82) is 0 Å². The number of fused-ring (bicyclic) bond motifs is 1. The van der Waals surface area contributed by atoms with Crippen LogP contribution in [0.2, 0.25) is 0 Å². The van der Waals surface area contributed by atoms with Gasteiger partial charge in [0.2, 0.25) is 11.8 Å². The predicted molar refractivity (Wildman–Crippen MR) is 104 cm³/mol. The van der Waals surface area contributed by atoms with Crippen molar-refractivity contribution >= 4 is 23.2 Å². The molecular formula is C21H25N3O2. The number of nitrogens with zero attached hydrogens (tertiary/aromatic N) is 3. The van der Waals surface area contributed by atoms with Crippen LogP contribution in [-0.2, 0) is 22.6 Å². The van der Waals surface area contributed by atoms with Crippen molar-refractivity contribution < 1.29 is 9.59 Å². The van der Waals surface area contributed by atoms with Crippen molar-refractivity contribution in [3.05, 3.63) is 59.7 Å². The van der Waals surface area contributed by atoms with Gasteiger partial charge in [-0.1, -0.05) is 24.3 Å². The minimum Gasteiger partial charge on any atom is -0.378 e. The summed E-state index contributed by atoms with van der Waals surface area (Å²) in [5, 5.41) is 0. The van der Waals surface area contributed by atoms with Crippen LogP contribution in [0.3, 0.4) is 0 Å². The summed E-state index contributed by atoms with van der Waals surface area (Å²) in [5.74, 6) is -0.153. The maximum Gasteiger partial charge on any atom is 0.242 e. The molecule has 0 N–H and O–H groups in total. The van der Waals surface area contributed by atoms with Crippen LogP contribution in [0.15, 0.2) is 48.5 Å². The van der Waals surface area contributed by atoms with E-state index < -0.39 is 0 Å². The van der Waals surface area contributed by atoms with Crippen molar-refractivity contribution in [1.82, 2.24) is 4.90 Å². The van der Waals surface area contributed by atoms with Crippen LogP contribution >= 0.6 is 0 Å². The van der Waals surface area contributed by atoms with Crippen molar-refractivity contribution in [3.8, 4) is 0 Å². The summed E-state index contributed by atoms with van der Waals surface area (Å²) >= 11 is 0. The molecule has 1 aliphatic heterocycles. The second kappa shape index (κ2) is 7.60. The molecule has 5 heteroatoms. The van der Waals surface area contributed by atoms with Crippen LogP contribution in [0, 0.1) is 0 Å². The highest BCUT2D eigenvalue weighted by Crippen LogP contribution is 2.22. The van der Waals surface area contributed by atoms with Gasteiger partial charge in [-0.05, 0) is 41.8 Å². The fourth-order valence-electron chi connectivity index (χ4n) is 3.26. The van der Waals surface area contributed by atoms with Crippen molar-refractivity contribution in [2.45, 2.75) is 19.9 Å². The maximum atomic E-state index is 12.8. The molecule has 5 nitrogen and oxygen atoms in total. The third-order valence-electron chi connectivity index (χ3n) is 4.83. The van der Waals surface area contributed by atoms with Crippen LogP contribution in [-0.4, -0.2) is 43.9 Å². The van der Waals surface area contributed by atoms with Crippen LogP contribution in [0.25, 0.3) is 0 Å². The molecule has 136 valence electrons. The van der Waals surface area contributed by atoms with E-state index in [1.807, 2.05) is 60.3 Å². The molecular weight excluding hydrogens is 326 g/mol. The standard InChI is InChI=1S/C21H25N3O2/c1-16(25)24(20-10-8-19(9-11-20)22(2)3)15-21(26)23-13-12-17-6-4-5-7-18(17)14-23/h4-11H,12-15H2,1-3H3. The zero-order valence-electron chi connectivity index (χ0n) is 15.6. The van der Waals surface area contributed by atoms with Gasteiger partial charge in [-0.15, -0.1) is 0 Å². The molecule has 0 saturated carbocycles. The van der Waals surface area contributed by atoms with Crippen molar-refractivity contribution in [2.75, 3.05) is 37.0 Å². The number of rotatable bonds is 4. The van der Waals surface area contributed by atoms with Crippen molar-refractivity contribution in [2.24, 2.45) is 0 Å². The molecule has 0 fully saturated rings. The zero-order valence-corrected chi connectivity index (χ0v) is 15.6. The Hall–Kier alpha value is -2.82. The SMILES string of the molecule is CC(=O)N(CC(=O)N1CCc2ccccc2C1)c1ccc(N(C)C)cc1. The number of carbonyl (C=O) groups is 2. The molecule has 3 rings (SSSR count). The van der Waals surface area contributed by atoms with Crippen LogP contribution < -0.4 is 9.80 Å². The molecule has 0 saturated heterocycles. The van der Waals surface area contributed by atoms with E-state index in [1.54, 1.807) is 4.90 Å². The monoisotopic (exact) mass is 351 g/mol. The van der Waals surface area contributed by atoms with Gasteiger partial charge in [0, 0.05) is 45.5 Å². The Balaban J connectivity index is 1.72. The summed E-state index contributed by atoms with van der Waals surface area (Å²) in [5.41, 5.74) is 4.29. The number of anilines is 2. The lowest BCUT2D eigenvalue weighted by Crippen LogP contribution is -2.44. The highest BCUT2D eigenvalue weighted by atomic mass is 16.2. The van der Waals surface area contributed by atoms with Crippen LogP contribution in [0.1, 0.15) is 18.1 Å². The molecule has 1 aliphatic rings. The number of benzene rings is 2. The first-order valence-corrected chi connectivity index (χ1v) is 8.86. The Kier molecular flexibility index (Phi) is 5.26. The molecule has 0 radical (unpaired) electrons. The Labute approximate surface area is 154 Å². The molecule has 2 aromatic carbocycles. The van der Waals surface area contributed by atoms with Gasteiger partial charge in [0.05, 0.1) is 0 Å². The lowest BCUT2D eigenvalue weighted by atomic mass is 10.00. The van der Waals surface area contributed by atoms with Gasteiger partial charge in [0.15, 0.2) is 0 Å². The highest BCUT2D eigenvalue weighted by molar-refractivity contribution is 5.97. The fraction of sp³-hybridized carbons (Fsp3) is 0.333. The lowest BCUT2D eigenvalue weighted by molar-refractivity contribution is -0.132. The first kappa shape index (κ1) is 18.0. The lowest BCUT2D eigenvalue weighted by Gasteiger charge is -2.31. The first-order valence-electron chi connectivity index (χ1n) is 8.86. The Morgan fingerprint density at radius 2 is 1.58 bits per heavy atom. The maximum absolute atomic E-state index is 12.8. The highest BCUT2D eigenvalue weighted by Gasteiger charge is 2.24. The van der Waals surface area contributed by atoms with E-state index in [4.69, 9.17) is 0 Å². The zero-order chi connectivity index (χ0) is 18.7. The van der Waals surface area contributed by atoms with E-state index in [0.29, 0.717) is 13.1 Å². The van der Waals surface area contributed by atoms with E-state index in [9.17, 15) is 9.59 Å². The molecule has 0 aliphatic carbocycles. The summed E-state index contributed by atoms with van der Waals surface area (Å²) in [6.07, 6.45) is 0.861. The third kappa shape index (κ3) is 3.87. The third-order valence-corrected chi connectivity index (χ3v) is 4.83. The Morgan fingerprint density at radius 1 is 0.962 bits per heavy atom. The topological polar surface area (TPSA) is 43.9 Å². The van der Waals surface area contributed by atoms with Gasteiger partial charge in [-0.25, -0.2) is 0 Å². The summed E-state index contributed by atoms with van der Waals surface area (Å²) < 4.78 is 0. The van der Waals surface area contributed by atoms with Crippen LogP contribution in [0.4, 0.5) is 11.4 Å². The minimum absolute atomic E-state index is 0.0219. The normalized spacial score (nSPS) is 13.1. The molecule has 0 atom stereocenters. The number of hydrogen-bond acceptors (Lipinski definition) is 3. The molecule has 2 aromatic rings. The number of carbonyl (C=O) groups excluding carboxylic acids is 2. The molecule has 2 amide bonds. The second-order valence-electron chi connectivity index (χ2n) is 6.85. The van der Waals surface area contributed by atoms with Crippen molar-refractivity contribution in [3.63, 3.8) is 0 Å². The summed E-state index contributed by atoms with van der Waals surface area (Å²) in [7, 11) is 3.94. The molecule has 0 aromatic heterocycles. The smallest absolute Gasteiger partial charge is 0.242 e. The molecule has 0 bridgehead atoms. The predicted octanol–water partition coefficient (Wildman–Crippen LogP) is 2.69. The van der Waals surface area contributed by atoms with Gasteiger partial charge in [-0.3, -0.25) is 9.59 Å². The van der Waals surface area contributed by atoms with Gasteiger partial charge >= 0.3 is 0 Å². The van der Waals surface area contributed by atoms with E-state index in [-0.39, 0.29) is 18.4 Å². The first-order chi connectivity index (χ1) is 12.5. The van der Waals surface area contributed by atoms with E-state index in [1.165, 1.54) is 18.1 Å².